The van der Waals surface area contributed by atoms with Crippen LogP contribution in [-0.4, -0.2) is 35.1 Å². The van der Waals surface area contributed by atoms with Gasteiger partial charge in [-0.15, -0.1) is 0 Å². The molecule has 2 atom stereocenters. The lowest BCUT2D eigenvalue weighted by Gasteiger charge is -2.18. The molecule has 1 aliphatic rings. The highest BCUT2D eigenvalue weighted by Gasteiger charge is 2.29. The highest BCUT2D eigenvalue weighted by atomic mass is 16.3. The normalized spacial score (nSPS) is 21.1. The first-order valence-corrected chi connectivity index (χ1v) is 6.38. The quantitative estimate of drug-likeness (QED) is 0.838. The van der Waals surface area contributed by atoms with Crippen molar-refractivity contribution in [1.82, 2.24) is 4.90 Å². The second-order valence-electron chi connectivity index (χ2n) is 4.95. The monoisotopic (exact) mass is 248 g/mol. The summed E-state index contributed by atoms with van der Waals surface area (Å²) in [5, 5.41) is 9.55. The van der Waals surface area contributed by atoms with E-state index in [4.69, 9.17) is 5.73 Å². The Kier molecular flexibility index (Phi) is 3.99. The van der Waals surface area contributed by atoms with Gasteiger partial charge in [-0.05, 0) is 31.0 Å². The highest BCUT2D eigenvalue weighted by molar-refractivity contribution is 5.94. The Morgan fingerprint density at radius 1 is 1.61 bits per heavy atom. The van der Waals surface area contributed by atoms with Crippen LogP contribution in [0.15, 0.2) is 24.3 Å². The van der Waals surface area contributed by atoms with Gasteiger partial charge in [-0.2, -0.15) is 0 Å². The van der Waals surface area contributed by atoms with Gasteiger partial charge in [-0.3, -0.25) is 4.79 Å². The van der Waals surface area contributed by atoms with E-state index in [1.54, 1.807) is 6.92 Å². The number of hydrogen-bond donors (Lipinski definition) is 2. The molecule has 0 saturated carbocycles. The minimum absolute atomic E-state index is 0.0356. The van der Waals surface area contributed by atoms with Crippen molar-refractivity contribution in [3.05, 3.63) is 35.4 Å². The molecule has 98 valence electrons. The first kappa shape index (κ1) is 13.1. The SMILES string of the molecule is CC(O)C1CCN(C(=O)c2cccc(CN)c2)C1. The van der Waals surface area contributed by atoms with Crippen LogP contribution in [0.25, 0.3) is 0 Å². The summed E-state index contributed by atoms with van der Waals surface area (Å²) in [5.41, 5.74) is 7.23. The molecule has 4 heteroatoms. The maximum atomic E-state index is 12.3. The lowest BCUT2D eigenvalue weighted by molar-refractivity contribution is 0.0762. The van der Waals surface area contributed by atoms with Gasteiger partial charge in [0.25, 0.3) is 5.91 Å². The van der Waals surface area contributed by atoms with Crippen molar-refractivity contribution in [1.29, 1.82) is 0 Å². The number of amides is 1. The predicted molar refractivity (Wildman–Crippen MR) is 70.0 cm³/mol. The molecular formula is C14H20N2O2. The third-order valence-electron chi connectivity index (χ3n) is 3.60. The molecule has 4 nitrogen and oxygen atoms in total. The highest BCUT2D eigenvalue weighted by Crippen LogP contribution is 2.21. The van der Waals surface area contributed by atoms with Crippen LogP contribution in [-0.2, 0) is 6.54 Å². The maximum Gasteiger partial charge on any atom is 0.253 e. The molecule has 18 heavy (non-hydrogen) atoms. The molecule has 0 spiro atoms. The molecular weight excluding hydrogens is 228 g/mol. The first-order valence-electron chi connectivity index (χ1n) is 6.38. The molecule has 2 unspecified atom stereocenters. The molecule has 0 radical (unpaired) electrons. The van der Waals surface area contributed by atoms with Crippen molar-refractivity contribution in [2.75, 3.05) is 13.1 Å². The lowest BCUT2D eigenvalue weighted by Crippen LogP contribution is -2.30. The summed E-state index contributed by atoms with van der Waals surface area (Å²) in [4.78, 5) is 14.1. The van der Waals surface area contributed by atoms with E-state index in [2.05, 4.69) is 0 Å². The summed E-state index contributed by atoms with van der Waals surface area (Å²) in [7, 11) is 0. The summed E-state index contributed by atoms with van der Waals surface area (Å²) in [5.74, 6) is 0.236. The number of nitrogens with two attached hydrogens (primary N) is 1. The van der Waals surface area contributed by atoms with Crippen LogP contribution < -0.4 is 5.73 Å². The summed E-state index contributed by atoms with van der Waals surface area (Å²) in [6.07, 6.45) is 0.526. The summed E-state index contributed by atoms with van der Waals surface area (Å²) in [6.45, 7) is 3.59. The summed E-state index contributed by atoms with van der Waals surface area (Å²) in [6, 6.07) is 7.44. The molecule has 1 fully saturated rings. The first-order chi connectivity index (χ1) is 8.61. The van der Waals surface area contributed by atoms with Gasteiger partial charge in [0.15, 0.2) is 0 Å². The number of nitrogens with zero attached hydrogens (tertiary/aromatic N) is 1. The molecule has 1 aromatic carbocycles. The van der Waals surface area contributed by atoms with Crippen molar-refractivity contribution in [3.8, 4) is 0 Å². The Bertz CT molecular complexity index is 432. The van der Waals surface area contributed by atoms with Crippen molar-refractivity contribution in [2.45, 2.75) is 26.0 Å². The van der Waals surface area contributed by atoms with E-state index in [0.29, 0.717) is 18.7 Å². The van der Waals surface area contributed by atoms with Gasteiger partial charge in [0.05, 0.1) is 6.10 Å². The van der Waals surface area contributed by atoms with Gasteiger partial charge >= 0.3 is 0 Å². The molecule has 1 amide bonds. The fourth-order valence-electron chi connectivity index (χ4n) is 2.38. The molecule has 1 aliphatic heterocycles. The van der Waals surface area contributed by atoms with E-state index >= 15 is 0 Å². The molecule has 2 rings (SSSR count). The van der Waals surface area contributed by atoms with Crippen LogP contribution in [0.2, 0.25) is 0 Å². The van der Waals surface area contributed by atoms with Gasteiger partial charge < -0.3 is 15.7 Å². The number of carbonyl (C=O) groups excluding carboxylic acids is 1. The van der Waals surface area contributed by atoms with Crippen molar-refractivity contribution >= 4 is 5.91 Å². The lowest BCUT2D eigenvalue weighted by atomic mass is 10.0. The number of likely N-dealkylation sites (tertiary alicyclic amines) is 1. The van der Waals surface area contributed by atoms with E-state index in [9.17, 15) is 9.90 Å². The van der Waals surface area contributed by atoms with E-state index in [-0.39, 0.29) is 17.9 Å². The topological polar surface area (TPSA) is 66.6 Å². The number of carbonyl (C=O) groups is 1. The standard InChI is InChI=1S/C14H20N2O2/c1-10(17)13-5-6-16(9-13)14(18)12-4-2-3-11(7-12)8-15/h2-4,7,10,13,17H,5-6,8-9,15H2,1H3. The number of rotatable bonds is 3. The zero-order chi connectivity index (χ0) is 13.1. The minimum Gasteiger partial charge on any atom is -0.393 e. The zero-order valence-electron chi connectivity index (χ0n) is 10.7. The van der Waals surface area contributed by atoms with Crippen LogP contribution in [0, 0.1) is 5.92 Å². The molecule has 1 aromatic rings. The van der Waals surface area contributed by atoms with E-state index in [1.807, 2.05) is 29.2 Å². The molecule has 0 bridgehead atoms. The maximum absolute atomic E-state index is 12.3. The van der Waals surface area contributed by atoms with Crippen molar-refractivity contribution < 1.29 is 9.90 Å². The van der Waals surface area contributed by atoms with Gasteiger partial charge in [0.1, 0.15) is 0 Å². The third-order valence-corrected chi connectivity index (χ3v) is 3.60. The van der Waals surface area contributed by atoms with Crippen molar-refractivity contribution in [2.24, 2.45) is 11.7 Å². The number of aliphatic hydroxyl groups excluding tert-OH is 1. The number of hydrogen-bond acceptors (Lipinski definition) is 3. The Morgan fingerprint density at radius 2 is 2.39 bits per heavy atom. The molecule has 1 heterocycles. The van der Waals surface area contributed by atoms with Gasteiger partial charge in [0, 0.05) is 31.1 Å². The molecule has 0 aliphatic carbocycles. The Balaban J connectivity index is 2.08. The fraction of sp³-hybridized carbons (Fsp3) is 0.500. The third kappa shape index (κ3) is 2.71. The molecule has 1 saturated heterocycles. The average Bonchev–Trinajstić information content (AvgIpc) is 2.87. The van der Waals surface area contributed by atoms with E-state index < -0.39 is 0 Å². The Morgan fingerprint density at radius 3 is 3.00 bits per heavy atom. The van der Waals surface area contributed by atoms with Gasteiger partial charge in [0.2, 0.25) is 0 Å². The van der Waals surface area contributed by atoms with Crippen LogP contribution in [0.4, 0.5) is 0 Å². The Labute approximate surface area is 107 Å². The van der Waals surface area contributed by atoms with Crippen LogP contribution in [0.3, 0.4) is 0 Å². The zero-order valence-corrected chi connectivity index (χ0v) is 10.7. The fourth-order valence-corrected chi connectivity index (χ4v) is 2.38. The largest absolute Gasteiger partial charge is 0.393 e. The average molecular weight is 248 g/mol. The molecule has 3 N–H and O–H groups in total. The minimum atomic E-state index is -0.349. The second-order valence-corrected chi connectivity index (χ2v) is 4.95. The number of benzene rings is 1. The second kappa shape index (κ2) is 5.50. The summed E-state index contributed by atoms with van der Waals surface area (Å²) < 4.78 is 0. The van der Waals surface area contributed by atoms with E-state index in [1.165, 1.54) is 0 Å². The van der Waals surface area contributed by atoms with Crippen LogP contribution >= 0.6 is 0 Å². The summed E-state index contributed by atoms with van der Waals surface area (Å²) >= 11 is 0. The van der Waals surface area contributed by atoms with E-state index in [0.717, 1.165) is 18.5 Å². The van der Waals surface area contributed by atoms with Crippen LogP contribution in [0.5, 0.6) is 0 Å². The molecule has 0 aromatic heterocycles. The van der Waals surface area contributed by atoms with Crippen molar-refractivity contribution in [3.63, 3.8) is 0 Å². The smallest absolute Gasteiger partial charge is 0.253 e. The van der Waals surface area contributed by atoms with Gasteiger partial charge in [-0.25, -0.2) is 0 Å². The number of aliphatic hydroxyl groups is 1. The predicted octanol–water partition coefficient (Wildman–Crippen LogP) is 0.988. The Hall–Kier alpha value is -1.39. The van der Waals surface area contributed by atoms with Gasteiger partial charge in [-0.1, -0.05) is 12.1 Å². The van der Waals surface area contributed by atoms with Crippen LogP contribution in [0.1, 0.15) is 29.3 Å².